The van der Waals surface area contributed by atoms with Crippen molar-refractivity contribution in [3.63, 3.8) is 0 Å². The summed E-state index contributed by atoms with van der Waals surface area (Å²) >= 11 is -5.19. The summed E-state index contributed by atoms with van der Waals surface area (Å²) in [6.45, 7) is 43.7. The third-order valence-corrected chi connectivity index (χ3v) is 51.0. The summed E-state index contributed by atoms with van der Waals surface area (Å²) < 4.78 is 80.9. The van der Waals surface area contributed by atoms with Gasteiger partial charge in [0.2, 0.25) is 0 Å². The van der Waals surface area contributed by atoms with E-state index in [0.29, 0.717) is 9.56 Å². The van der Waals surface area contributed by atoms with Crippen molar-refractivity contribution in [1.29, 1.82) is 0 Å². The van der Waals surface area contributed by atoms with E-state index in [1.807, 2.05) is 48.5 Å². The molecule has 1 atom stereocenters. The molecule has 0 saturated carbocycles. The monoisotopic (exact) mass is 940 g/mol. The first-order valence-corrected chi connectivity index (χ1v) is 47.2. The van der Waals surface area contributed by atoms with Crippen LogP contribution in [-0.2, 0) is 18.6 Å². The molecule has 1 aliphatic heterocycles. The van der Waals surface area contributed by atoms with Gasteiger partial charge < -0.3 is 0 Å². The van der Waals surface area contributed by atoms with Crippen LogP contribution in [-0.4, -0.2) is 76.0 Å². The molecule has 1 heterocycles. The molecule has 4 rings (SSSR count). The second kappa shape index (κ2) is 15.0. The van der Waals surface area contributed by atoms with Crippen molar-refractivity contribution in [3.05, 3.63) is 82.9 Å². The Morgan fingerprint density at radius 3 is 1.31 bits per heavy atom. The summed E-state index contributed by atoms with van der Waals surface area (Å²) in [6, 6.07) is 20.5. The van der Waals surface area contributed by atoms with E-state index in [0.717, 1.165) is 32.2 Å². The fourth-order valence-corrected chi connectivity index (χ4v) is 64.1. The summed E-state index contributed by atoms with van der Waals surface area (Å²) in [5.41, 5.74) is 0.684. The fourth-order valence-electron chi connectivity index (χ4n) is 11.5. The quantitative estimate of drug-likeness (QED) is 0.134. The second-order valence-corrected chi connectivity index (χ2v) is 65.3. The maximum absolute atomic E-state index is 15.0. The number of fused-ring (bicyclic) bond motifs is 3. The van der Waals surface area contributed by atoms with E-state index >= 15 is 13.2 Å². The van der Waals surface area contributed by atoms with Gasteiger partial charge in [0.1, 0.15) is 0 Å². The number of alkyl halides is 3. The molecule has 0 N–H and O–H groups in total. The average Bonchev–Trinajstić information content (AvgIpc) is 2.92. The van der Waals surface area contributed by atoms with Crippen molar-refractivity contribution in [2.24, 2.45) is 0 Å². The zero-order valence-electron chi connectivity index (χ0n) is 37.0. The summed E-state index contributed by atoms with van der Waals surface area (Å²) in [5.74, 6) is 0. The van der Waals surface area contributed by atoms with Gasteiger partial charge in [0, 0.05) is 0 Å². The zero-order valence-corrected chi connectivity index (χ0v) is 45.9. The molecule has 1 unspecified atom stereocenters. The molecule has 14 heteroatoms. The number of hydrogen-bond acceptors (Lipinski definition) is 3. The van der Waals surface area contributed by atoms with Gasteiger partial charge in [0.15, 0.2) is 0 Å². The minimum atomic E-state index is -6.01. The van der Waals surface area contributed by atoms with E-state index in [2.05, 4.69) is 130 Å². The summed E-state index contributed by atoms with van der Waals surface area (Å²) in [5, 5.41) is 0.847. The van der Waals surface area contributed by atoms with E-state index in [-0.39, 0.29) is 15.6 Å². The van der Waals surface area contributed by atoms with E-state index in [9.17, 15) is 8.42 Å². The molecule has 306 valence electrons. The van der Waals surface area contributed by atoms with Gasteiger partial charge in [-0.25, -0.2) is 0 Å². The van der Waals surface area contributed by atoms with Crippen LogP contribution in [0, 0.1) is 0 Å². The third-order valence-electron chi connectivity index (χ3n) is 11.4. The topological polar surface area (TPSA) is 43.4 Å². The first-order valence-electron chi connectivity index (χ1n) is 19.8. The Morgan fingerprint density at radius 2 is 0.927 bits per heavy atom. The van der Waals surface area contributed by atoms with Gasteiger partial charge in [-0.2, -0.15) is 0 Å². The van der Waals surface area contributed by atoms with Crippen molar-refractivity contribution < 1.29 is 24.8 Å². The maximum atomic E-state index is 15.0. The number of benzene rings is 3. The fraction of sp³-hybridized carbons (Fsp3) is 0.561. The van der Waals surface area contributed by atoms with E-state index < -0.39 is 77.7 Å². The molecular formula is C41H69F3GeO3SSi6. The first-order chi connectivity index (χ1) is 24.5. The summed E-state index contributed by atoms with van der Waals surface area (Å²) in [4.78, 5) is 0. The standard InChI is InChI=1S/C41H69F3GeO3SSi6/c1-50(2,3)38(51(4,5)6)31-27-34(39(52(7,8)9)53(10,11)12)37(35(28-31)40(54(13,14)15)55(16,17)18)45(48-49(46,47)41(42,43)44)29-30-23-19-20-24-32(30)33-25-21-22-26-36(33)45/h19-28,38-40H,29H2,1-18H3. The molecule has 0 amide bonds. The van der Waals surface area contributed by atoms with Crippen LogP contribution in [0.1, 0.15) is 37.7 Å². The van der Waals surface area contributed by atoms with Gasteiger partial charge in [-0.1, -0.05) is 0 Å². The Labute approximate surface area is 341 Å². The van der Waals surface area contributed by atoms with E-state index in [1.165, 1.54) is 5.56 Å². The molecule has 0 saturated heterocycles. The Morgan fingerprint density at radius 1 is 0.564 bits per heavy atom. The van der Waals surface area contributed by atoms with Gasteiger partial charge in [0.05, 0.1) is 0 Å². The molecule has 0 radical (unpaired) electrons. The van der Waals surface area contributed by atoms with Crippen LogP contribution in [0.2, 0.25) is 118 Å². The molecule has 1 aliphatic rings. The van der Waals surface area contributed by atoms with Crippen molar-refractivity contribution >= 4 is 81.0 Å². The third kappa shape index (κ3) is 9.50. The molecule has 3 aromatic rings. The molecule has 0 aliphatic carbocycles. The average molecular weight is 940 g/mol. The summed E-state index contributed by atoms with van der Waals surface area (Å²) in [6.07, 6.45) is 0. The molecule has 3 aromatic carbocycles. The molecule has 0 bridgehead atoms. The van der Waals surface area contributed by atoms with Gasteiger partial charge in [0.25, 0.3) is 0 Å². The van der Waals surface area contributed by atoms with Gasteiger partial charge >= 0.3 is 344 Å². The summed E-state index contributed by atoms with van der Waals surface area (Å²) in [7, 11) is -18.3. The Bertz CT molecular complexity index is 1920. The van der Waals surface area contributed by atoms with Crippen molar-refractivity contribution in [2.75, 3.05) is 0 Å². The van der Waals surface area contributed by atoms with Crippen LogP contribution in [0.3, 0.4) is 0 Å². The molecule has 0 fully saturated rings. The van der Waals surface area contributed by atoms with Crippen LogP contribution in [0.4, 0.5) is 13.2 Å². The molecule has 0 spiro atoms. The van der Waals surface area contributed by atoms with Gasteiger partial charge in [-0.05, 0) is 0 Å². The van der Waals surface area contributed by atoms with Gasteiger partial charge in [-0.3, -0.25) is 0 Å². The number of halogens is 3. The molecule has 3 nitrogen and oxygen atoms in total. The Balaban J connectivity index is 2.53. The van der Waals surface area contributed by atoms with Crippen LogP contribution in [0.5, 0.6) is 0 Å². The minimum absolute atomic E-state index is 0.144. The number of rotatable bonds is 12. The first kappa shape index (κ1) is 46.9. The normalized spacial score (nSPS) is 17.9. The van der Waals surface area contributed by atoms with Crippen molar-refractivity contribution in [3.8, 4) is 11.1 Å². The van der Waals surface area contributed by atoms with Crippen LogP contribution < -0.4 is 8.79 Å². The van der Waals surface area contributed by atoms with Crippen molar-refractivity contribution in [2.45, 2.75) is 144 Å². The predicted molar refractivity (Wildman–Crippen MR) is 251 cm³/mol. The van der Waals surface area contributed by atoms with Crippen LogP contribution in [0.25, 0.3) is 11.1 Å². The zero-order chi connectivity index (χ0) is 42.3. The van der Waals surface area contributed by atoms with Crippen molar-refractivity contribution in [1.82, 2.24) is 0 Å². The molecular weight excluding hydrogens is 871 g/mol. The van der Waals surface area contributed by atoms with E-state index in [4.69, 9.17) is 3.21 Å². The van der Waals surface area contributed by atoms with Crippen LogP contribution >= 0.6 is 0 Å². The van der Waals surface area contributed by atoms with E-state index in [1.54, 1.807) is 0 Å². The predicted octanol–water partition coefficient (Wildman–Crippen LogP) is 11.9. The Hall–Kier alpha value is -0.796. The molecule has 55 heavy (non-hydrogen) atoms. The Kier molecular flexibility index (Phi) is 12.8. The number of hydrogen-bond donors (Lipinski definition) is 0. The second-order valence-electron chi connectivity index (χ2n) is 22.8. The van der Waals surface area contributed by atoms with Crippen LogP contribution in [0.15, 0.2) is 60.7 Å². The van der Waals surface area contributed by atoms with Gasteiger partial charge in [-0.15, -0.1) is 0 Å². The molecule has 0 aromatic heterocycles. The SMILES string of the molecule is C[Si](C)(C)C(c1cc(C([Si](C)(C)C)[Si](C)(C)C)[c]([Ge]2([O]S(=O)(=O)C(F)(F)F)[CH2]c3ccccc3-c3cccc[c]32)c(C([Si](C)(C)C)[Si](C)(C)C)c1)[Si](C)(C)C.